The Kier molecular flexibility index (Phi) is 6.01. The first kappa shape index (κ1) is 11.6. The molecule has 1 radical (unpaired) electrons. The summed E-state index contributed by atoms with van der Waals surface area (Å²) in [7, 11) is -1.33. The van der Waals surface area contributed by atoms with Crippen molar-refractivity contribution in [2.45, 2.75) is 33.7 Å². The zero-order valence-electron chi connectivity index (χ0n) is 8.22. The molecule has 0 heterocycles. The second-order valence-electron chi connectivity index (χ2n) is 3.02. The van der Waals surface area contributed by atoms with Gasteiger partial charge in [-0.1, -0.05) is 20.8 Å². The lowest BCUT2D eigenvalue weighted by molar-refractivity contribution is -0.133. The fourth-order valence-corrected chi connectivity index (χ4v) is 1.87. The van der Waals surface area contributed by atoms with E-state index in [1.165, 1.54) is 6.92 Å². The molecule has 3 nitrogen and oxygen atoms in total. The summed E-state index contributed by atoms with van der Waals surface area (Å²) in [6.07, 6.45) is 0. The molecule has 0 spiro atoms. The van der Waals surface area contributed by atoms with E-state index in [4.69, 9.17) is 8.85 Å². The fraction of sp³-hybridized carbons (Fsp3) is 0.875. The normalized spacial score (nSPS) is 10.8. The Bertz CT molecular complexity index is 136. The van der Waals surface area contributed by atoms with Gasteiger partial charge in [0.15, 0.2) is 0 Å². The summed E-state index contributed by atoms with van der Waals surface area (Å²) in [5, 5.41) is 0. The van der Waals surface area contributed by atoms with Crippen molar-refractivity contribution in [1.82, 2.24) is 0 Å². The van der Waals surface area contributed by atoms with E-state index in [9.17, 15) is 4.79 Å². The van der Waals surface area contributed by atoms with Gasteiger partial charge in [0.1, 0.15) is 0 Å². The van der Waals surface area contributed by atoms with Gasteiger partial charge in [0.25, 0.3) is 5.97 Å². The molecule has 0 aromatic carbocycles. The van der Waals surface area contributed by atoms with Crippen LogP contribution >= 0.6 is 0 Å². The minimum absolute atomic E-state index is 0.241. The van der Waals surface area contributed by atoms with Crippen LogP contribution in [0.4, 0.5) is 0 Å². The average Bonchev–Trinajstić information content (AvgIpc) is 1.97. The van der Waals surface area contributed by atoms with Gasteiger partial charge in [-0.15, -0.1) is 0 Å². The van der Waals surface area contributed by atoms with Gasteiger partial charge < -0.3 is 8.85 Å². The molecule has 0 saturated heterocycles. The lowest BCUT2D eigenvalue weighted by atomic mass is 10.2. The third-order valence-corrected chi connectivity index (χ3v) is 2.71. The van der Waals surface area contributed by atoms with E-state index >= 15 is 0 Å². The van der Waals surface area contributed by atoms with Crippen LogP contribution in [-0.2, 0) is 13.6 Å². The van der Waals surface area contributed by atoms with E-state index in [-0.39, 0.29) is 5.97 Å². The van der Waals surface area contributed by atoms with E-state index in [0.717, 1.165) is 6.04 Å². The molecule has 0 saturated carbocycles. The lowest BCUT2D eigenvalue weighted by Crippen LogP contribution is -2.26. The molecule has 0 aliphatic heterocycles. The molecule has 0 aromatic heterocycles. The zero-order valence-corrected chi connectivity index (χ0v) is 9.22. The SMILES string of the molecule is CC[Si](OCC(C)C)OC(C)=O. The van der Waals surface area contributed by atoms with Crippen LogP contribution in [0.15, 0.2) is 0 Å². The van der Waals surface area contributed by atoms with Crippen LogP contribution in [0.3, 0.4) is 0 Å². The Hall–Kier alpha value is -0.353. The molecule has 0 aromatic rings. The number of rotatable bonds is 5. The highest BCUT2D eigenvalue weighted by Gasteiger charge is 2.16. The zero-order chi connectivity index (χ0) is 9.56. The van der Waals surface area contributed by atoms with E-state index < -0.39 is 9.28 Å². The van der Waals surface area contributed by atoms with Crippen molar-refractivity contribution in [3.8, 4) is 0 Å². The fourth-order valence-electron chi connectivity index (χ4n) is 0.624. The Morgan fingerprint density at radius 1 is 1.50 bits per heavy atom. The predicted octanol–water partition coefficient (Wildman–Crippen LogP) is 1.73. The second kappa shape index (κ2) is 6.19. The number of hydrogen-bond donors (Lipinski definition) is 0. The molecule has 4 heteroatoms. The molecule has 0 bridgehead atoms. The largest absolute Gasteiger partial charge is 0.492 e. The maximum absolute atomic E-state index is 10.6. The van der Waals surface area contributed by atoms with Crippen LogP contribution < -0.4 is 0 Å². The Labute approximate surface area is 75.9 Å². The standard InChI is InChI=1S/C8H17O3Si/c1-5-12(11-8(4)9)10-6-7(2)3/h7H,5-6H2,1-4H3. The molecule has 0 rings (SSSR count). The predicted molar refractivity (Wildman–Crippen MR) is 48.8 cm³/mol. The van der Waals surface area contributed by atoms with Gasteiger partial charge in [0.2, 0.25) is 0 Å². The minimum Gasteiger partial charge on any atom is -0.492 e. The molecule has 12 heavy (non-hydrogen) atoms. The number of carbonyl (C=O) groups is 1. The summed E-state index contributed by atoms with van der Waals surface area (Å²) >= 11 is 0. The maximum Gasteiger partial charge on any atom is 0.459 e. The molecule has 0 N–H and O–H groups in total. The summed E-state index contributed by atoms with van der Waals surface area (Å²) in [4.78, 5) is 10.6. The molecule has 71 valence electrons. The van der Waals surface area contributed by atoms with Crippen molar-refractivity contribution >= 4 is 15.3 Å². The Balaban J connectivity index is 3.60. The molecule has 0 atom stereocenters. The van der Waals surface area contributed by atoms with Gasteiger partial charge in [-0.2, -0.15) is 0 Å². The average molecular weight is 189 g/mol. The minimum atomic E-state index is -1.33. The number of carbonyl (C=O) groups excluding carboxylic acids is 1. The first-order chi connectivity index (χ1) is 5.56. The summed E-state index contributed by atoms with van der Waals surface area (Å²) in [6, 6.07) is 0.803. The molecule has 0 aliphatic rings. The van der Waals surface area contributed by atoms with Gasteiger partial charge >= 0.3 is 9.28 Å². The Morgan fingerprint density at radius 2 is 2.08 bits per heavy atom. The quantitative estimate of drug-likeness (QED) is 0.618. The molecule has 0 unspecified atom stereocenters. The first-order valence-electron chi connectivity index (χ1n) is 4.23. The van der Waals surface area contributed by atoms with Crippen molar-refractivity contribution < 1.29 is 13.6 Å². The van der Waals surface area contributed by atoms with Crippen LogP contribution in [0.5, 0.6) is 0 Å². The van der Waals surface area contributed by atoms with E-state index in [1.54, 1.807) is 0 Å². The molecule has 0 amide bonds. The van der Waals surface area contributed by atoms with E-state index in [2.05, 4.69) is 13.8 Å². The van der Waals surface area contributed by atoms with Crippen molar-refractivity contribution in [3.05, 3.63) is 0 Å². The van der Waals surface area contributed by atoms with Crippen molar-refractivity contribution in [3.63, 3.8) is 0 Å². The third kappa shape index (κ3) is 6.36. The summed E-state index contributed by atoms with van der Waals surface area (Å²) in [5.74, 6) is 0.251. The van der Waals surface area contributed by atoms with Gasteiger partial charge in [-0.3, -0.25) is 4.79 Å². The van der Waals surface area contributed by atoms with Crippen LogP contribution in [0, 0.1) is 5.92 Å². The smallest absolute Gasteiger partial charge is 0.459 e. The summed E-state index contributed by atoms with van der Waals surface area (Å²) in [6.45, 7) is 8.21. The molecule has 0 fully saturated rings. The van der Waals surface area contributed by atoms with Crippen molar-refractivity contribution in [2.24, 2.45) is 5.92 Å². The van der Waals surface area contributed by atoms with Gasteiger partial charge in [0, 0.05) is 19.6 Å². The molecular weight excluding hydrogens is 172 g/mol. The van der Waals surface area contributed by atoms with Crippen LogP contribution in [0.2, 0.25) is 6.04 Å². The highest BCUT2D eigenvalue weighted by Crippen LogP contribution is 2.00. The third-order valence-electron chi connectivity index (χ3n) is 1.12. The van der Waals surface area contributed by atoms with Crippen LogP contribution in [-0.4, -0.2) is 21.9 Å². The summed E-state index contributed by atoms with van der Waals surface area (Å²) in [5.41, 5.74) is 0. The van der Waals surface area contributed by atoms with Crippen LogP contribution in [0.1, 0.15) is 27.7 Å². The van der Waals surface area contributed by atoms with Gasteiger partial charge in [-0.05, 0) is 5.92 Å². The van der Waals surface area contributed by atoms with Gasteiger partial charge in [-0.25, -0.2) is 0 Å². The topological polar surface area (TPSA) is 35.5 Å². The first-order valence-corrected chi connectivity index (χ1v) is 5.75. The molecule has 0 aliphatic carbocycles. The summed E-state index contributed by atoms with van der Waals surface area (Å²) < 4.78 is 10.4. The highest BCUT2D eigenvalue weighted by molar-refractivity contribution is 6.46. The van der Waals surface area contributed by atoms with Crippen molar-refractivity contribution in [1.29, 1.82) is 0 Å². The van der Waals surface area contributed by atoms with Crippen LogP contribution in [0.25, 0.3) is 0 Å². The highest BCUT2D eigenvalue weighted by atomic mass is 28.3. The Morgan fingerprint density at radius 3 is 2.42 bits per heavy atom. The van der Waals surface area contributed by atoms with E-state index in [0.29, 0.717) is 12.5 Å². The lowest BCUT2D eigenvalue weighted by Gasteiger charge is -2.13. The van der Waals surface area contributed by atoms with Crippen molar-refractivity contribution in [2.75, 3.05) is 6.61 Å². The monoisotopic (exact) mass is 189 g/mol. The maximum atomic E-state index is 10.6. The second-order valence-corrected chi connectivity index (χ2v) is 4.97. The molecular formula is C8H17O3Si. The van der Waals surface area contributed by atoms with Gasteiger partial charge in [0.05, 0.1) is 0 Å². The van der Waals surface area contributed by atoms with E-state index in [1.807, 2.05) is 6.92 Å². The number of hydrogen-bond acceptors (Lipinski definition) is 3.